The van der Waals surface area contributed by atoms with Gasteiger partial charge in [-0.15, -0.1) is 0 Å². The van der Waals surface area contributed by atoms with Crippen molar-refractivity contribution in [1.82, 2.24) is 0 Å². The van der Waals surface area contributed by atoms with Gasteiger partial charge in [0.25, 0.3) is 0 Å². The highest BCUT2D eigenvalue weighted by Crippen LogP contribution is 2.09. The molecule has 2 aromatic rings. The molecule has 0 aliphatic carbocycles. The quantitative estimate of drug-likeness (QED) is 0.505. The molecule has 0 unspecified atom stereocenters. The Morgan fingerprint density at radius 3 is 2.48 bits per heavy atom. The van der Waals surface area contributed by atoms with Crippen molar-refractivity contribution in [2.24, 2.45) is 5.10 Å². The van der Waals surface area contributed by atoms with Crippen LogP contribution in [0.3, 0.4) is 0 Å². The number of esters is 1. The fourth-order valence-electron chi connectivity index (χ4n) is 1.91. The molecule has 2 aromatic carbocycles. The lowest BCUT2D eigenvalue weighted by Gasteiger charge is -2.07. The van der Waals surface area contributed by atoms with Crippen LogP contribution < -0.4 is 5.43 Å². The summed E-state index contributed by atoms with van der Waals surface area (Å²) >= 11 is 0. The molecule has 0 aliphatic rings. The zero-order valence-electron chi connectivity index (χ0n) is 12.8. The van der Waals surface area contributed by atoms with Crippen molar-refractivity contribution in [3.05, 3.63) is 65.7 Å². The summed E-state index contributed by atoms with van der Waals surface area (Å²) in [5.41, 5.74) is 5.36. The number of nitrogens with one attached hydrogen (secondary N) is 1. The molecule has 5 nitrogen and oxygen atoms in total. The lowest BCUT2D eigenvalue weighted by atomic mass is 10.1. The lowest BCUT2D eigenvalue weighted by molar-refractivity contribution is -0.135. The van der Waals surface area contributed by atoms with Crippen LogP contribution in [0.1, 0.15) is 18.1 Å². The van der Waals surface area contributed by atoms with Gasteiger partial charge in [0.2, 0.25) is 0 Å². The molecule has 1 N–H and O–H groups in total. The predicted octanol–water partition coefficient (Wildman–Crippen LogP) is 3.13. The van der Waals surface area contributed by atoms with Crippen molar-refractivity contribution in [1.29, 1.82) is 5.26 Å². The van der Waals surface area contributed by atoms with E-state index in [-0.39, 0.29) is 0 Å². The summed E-state index contributed by atoms with van der Waals surface area (Å²) in [6.07, 6.45) is 0.378. The smallest absolute Gasteiger partial charge is 0.354 e. The maximum atomic E-state index is 12.0. The van der Waals surface area contributed by atoms with Gasteiger partial charge in [0, 0.05) is 6.42 Å². The third-order valence-electron chi connectivity index (χ3n) is 3.06. The number of carbonyl (C=O) groups excluding carboxylic acids is 1. The van der Waals surface area contributed by atoms with E-state index < -0.39 is 5.97 Å². The van der Waals surface area contributed by atoms with Crippen LogP contribution in [-0.4, -0.2) is 18.3 Å². The molecule has 0 atom stereocenters. The third-order valence-corrected chi connectivity index (χ3v) is 3.06. The van der Waals surface area contributed by atoms with Crippen LogP contribution in [0, 0.1) is 11.3 Å². The van der Waals surface area contributed by atoms with Gasteiger partial charge in [-0.05, 0) is 36.8 Å². The third kappa shape index (κ3) is 4.97. The van der Waals surface area contributed by atoms with E-state index in [4.69, 9.17) is 10.00 Å². The summed E-state index contributed by atoms with van der Waals surface area (Å²) in [6.45, 7) is 2.05. The molecule has 0 saturated carbocycles. The summed E-state index contributed by atoms with van der Waals surface area (Å²) in [4.78, 5) is 12.0. The number of ether oxygens (including phenoxy) is 1. The molecule has 23 heavy (non-hydrogen) atoms. The Hall–Kier alpha value is -3.13. The van der Waals surface area contributed by atoms with Crippen molar-refractivity contribution in [2.45, 2.75) is 13.3 Å². The number of hydrogen-bond acceptors (Lipinski definition) is 5. The van der Waals surface area contributed by atoms with Crippen LogP contribution in [0.5, 0.6) is 0 Å². The molecule has 116 valence electrons. The summed E-state index contributed by atoms with van der Waals surface area (Å²) in [5.74, 6) is -0.447. The highest BCUT2D eigenvalue weighted by atomic mass is 16.5. The average molecular weight is 307 g/mol. The predicted molar refractivity (Wildman–Crippen MR) is 89.0 cm³/mol. The molecular weight excluding hydrogens is 290 g/mol. The van der Waals surface area contributed by atoms with Crippen LogP contribution in [0.4, 0.5) is 5.69 Å². The summed E-state index contributed by atoms with van der Waals surface area (Å²) in [6, 6.07) is 18.5. The van der Waals surface area contributed by atoms with Gasteiger partial charge in [0.1, 0.15) is 5.71 Å². The largest absolute Gasteiger partial charge is 0.461 e. The van der Waals surface area contributed by atoms with E-state index in [1.54, 1.807) is 31.2 Å². The first-order valence-electron chi connectivity index (χ1n) is 7.26. The number of nitriles is 1. The second kappa shape index (κ2) is 8.35. The Balaban J connectivity index is 2.14. The number of anilines is 1. The lowest BCUT2D eigenvalue weighted by Crippen LogP contribution is -2.21. The number of benzene rings is 2. The van der Waals surface area contributed by atoms with Gasteiger partial charge in [-0.2, -0.15) is 10.4 Å². The Morgan fingerprint density at radius 2 is 1.87 bits per heavy atom. The van der Waals surface area contributed by atoms with Crippen molar-refractivity contribution < 1.29 is 9.53 Å². The molecule has 2 rings (SSSR count). The number of hydrogen-bond donors (Lipinski definition) is 1. The van der Waals surface area contributed by atoms with Crippen molar-refractivity contribution >= 4 is 17.4 Å². The molecule has 0 aliphatic heterocycles. The molecule has 0 heterocycles. The van der Waals surface area contributed by atoms with Gasteiger partial charge in [0.05, 0.1) is 23.9 Å². The highest BCUT2D eigenvalue weighted by molar-refractivity contribution is 6.37. The number of carbonyl (C=O) groups is 1. The Morgan fingerprint density at radius 1 is 1.17 bits per heavy atom. The van der Waals surface area contributed by atoms with E-state index in [0.29, 0.717) is 30.0 Å². The standard InChI is InChI=1S/C18H17N3O2/c1-2-23-18(22)17(12-14-6-4-3-5-7-14)21-20-16-10-8-15(13-19)9-11-16/h3-11,20H,2,12H2,1H3/b21-17-. The summed E-state index contributed by atoms with van der Waals surface area (Å²) < 4.78 is 5.05. The first-order valence-corrected chi connectivity index (χ1v) is 7.26. The fourth-order valence-corrected chi connectivity index (χ4v) is 1.91. The first kappa shape index (κ1) is 16.2. The average Bonchev–Trinajstić information content (AvgIpc) is 2.60. The number of hydrazone groups is 1. The highest BCUT2D eigenvalue weighted by Gasteiger charge is 2.13. The summed E-state index contributed by atoms with van der Waals surface area (Å²) in [5, 5.41) is 13.0. The molecular formula is C18H17N3O2. The maximum absolute atomic E-state index is 12.0. The molecule has 0 bridgehead atoms. The van der Waals surface area contributed by atoms with E-state index in [0.717, 1.165) is 5.56 Å². The molecule has 0 radical (unpaired) electrons. The Labute approximate surface area is 135 Å². The van der Waals surface area contributed by atoms with Crippen LogP contribution in [0.2, 0.25) is 0 Å². The maximum Gasteiger partial charge on any atom is 0.354 e. The van der Waals surface area contributed by atoms with Gasteiger partial charge in [-0.1, -0.05) is 30.3 Å². The topological polar surface area (TPSA) is 74.5 Å². The molecule has 0 amide bonds. The van der Waals surface area contributed by atoms with E-state index in [2.05, 4.69) is 10.5 Å². The zero-order chi connectivity index (χ0) is 16.5. The van der Waals surface area contributed by atoms with Crippen LogP contribution in [-0.2, 0) is 16.0 Å². The van der Waals surface area contributed by atoms with E-state index in [1.165, 1.54) is 0 Å². The first-order chi connectivity index (χ1) is 11.2. The van der Waals surface area contributed by atoms with E-state index in [9.17, 15) is 4.79 Å². The minimum Gasteiger partial charge on any atom is -0.461 e. The second-order valence-electron chi connectivity index (χ2n) is 4.74. The van der Waals surface area contributed by atoms with Crippen molar-refractivity contribution in [2.75, 3.05) is 12.0 Å². The van der Waals surface area contributed by atoms with Crippen LogP contribution >= 0.6 is 0 Å². The monoisotopic (exact) mass is 307 g/mol. The van der Waals surface area contributed by atoms with Gasteiger partial charge < -0.3 is 4.74 Å². The summed E-state index contributed by atoms with van der Waals surface area (Å²) in [7, 11) is 0. The zero-order valence-corrected chi connectivity index (χ0v) is 12.8. The fraction of sp³-hybridized carbons (Fsp3) is 0.167. The molecule has 0 aromatic heterocycles. The molecule has 5 heteroatoms. The van der Waals surface area contributed by atoms with E-state index in [1.807, 2.05) is 36.4 Å². The SMILES string of the molecule is CCOC(=O)/C(Cc1ccccc1)=N\Nc1ccc(C#N)cc1. The number of nitrogens with zero attached hydrogens (tertiary/aromatic N) is 2. The Bertz CT molecular complexity index is 716. The number of rotatable bonds is 6. The second-order valence-corrected chi connectivity index (χ2v) is 4.74. The van der Waals surface area contributed by atoms with E-state index >= 15 is 0 Å². The molecule has 0 spiro atoms. The van der Waals surface area contributed by atoms with Gasteiger partial charge in [-0.3, -0.25) is 5.43 Å². The van der Waals surface area contributed by atoms with Crippen LogP contribution in [0.25, 0.3) is 0 Å². The van der Waals surface area contributed by atoms with Crippen LogP contribution in [0.15, 0.2) is 59.7 Å². The minimum atomic E-state index is -0.447. The van der Waals surface area contributed by atoms with Crippen molar-refractivity contribution in [3.8, 4) is 6.07 Å². The van der Waals surface area contributed by atoms with Gasteiger partial charge in [-0.25, -0.2) is 4.79 Å². The molecule has 0 saturated heterocycles. The van der Waals surface area contributed by atoms with Crippen molar-refractivity contribution in [3.63, 3.8) is 0 Å². The minimum absolute atomic E-state index is 0.294. The van der Waals surface area contributed by atoms with Gasteiger partial charge >= 0.3 is 5.97 Å². The Kier molecular flexibility index (Phi) is 5.89. The normalized spacial score (nSPS) is 10.7. The van der Waals surface area contributed by atoms with Gasteiger partial charge in [0.15, 0.2) is 0 Å². The molecule has 0 fully saturated rings.